The molecule has 0 amide bonds. The van der Waals surface area contributed by atoms with Gasteiger partial charge < -0.3 is 5.11 Å². The highest BCUT2D eigenvalue weighted by atomic mass is 19.1. The van der Waals surface area contributed by atoms with Gasteiger partial charge in [0.2, 0.25) is 0 Å². The summed E-state index contributed by atoms with van der Waals surface area (Å²) in [6.45, 7) is 3.89. The number of hydrogen-bond acceptors (Lipinski definition) is 1. The van der Waals surface area contributed by atoms with Gasteiger partial charge in [-0.1, -0.05) is 26.0 Å². The standard InChI is InChI=1S/C14H17FO2/c1-9(2)11-4-3-10(7-12(11)15)14(5-6-14)8-13(16)17/h3-4,7,9H,5-6,8H2,1-2H3,(H,16,17). The minimum absolute atomic E-state index is 0.105. The minimum Gasteiger partial charge on any atom is -0.481 e. The fraction of sp³-hybridized carbons (Fsp3) is 0.500. The molecule has 0 bridgehead atoms. The largest absolute Gasteiger partial charge is 0.481 e. The van der Waals surface area contributed by atoms with Crippen molar-refractivity contribution in [2.24, 2.45) is 0 Å². The molecule has 0 atom stereocenters. The predicted octanol–water partition coefficient (Wildman–Crippen LogP) is 3.46. The smallest absolute Gasteiger partial charge is 0.304 e. The van der Waals surface area contributed by atoms with Gasteiger partial charge in [-0.25, -0.2) is 4.39 Å². The van der Waals surface area contributed by atoms with Crippen LogP contribution in [0.5, 0.6) is 0 Å². The van der Waals surface area contributed by atoms with Crippen LogP contribution in [0, 0.1) is 5.82 Å². The average Bonchev–Trinajstić information content (AvgIpc) is 2.97. The fourth-order valence-electron chi connectivity index (χ4n) is 2.33. The Hall–Kier alpha value is -1.38. The number of benzene rings is 1. The zero-order valence-corrected chi connectivity index (χ0v) is 10.2. The Labute approximate surface area is 100 Å². The summed E-state index contributed by atoms with van der Waals surface area (Å²) in [7, 11) is 0. The normalized spacial score (nSPS) is 17.2. The molecule has 1 aliphatic rings. The van der Waals surface area contributed by atoms with Crippen molar-refractivity contribution in [3.05, 3.63) is 35.1 Å². The van der Waals surface area contributed by atoms with Crippen molar-refractivity contribution < 1.29 is 14.3 Å². The molecule has 1 N–H and O–H groups in total. The van der Waals surface area contributed by atoms with Crippen molar-refractivity contribution in [2.45, 2.75) is 44.4 Å². The lowest BCUT2D eigenvalue weighted by Crippen LogP contribution is -2.13. The first-order valence-electron chi connectivity index (χ1n) is 5.96. The predicted molar refractivity (Wildman–Crippen MR) is 63.7 cm³/mol. The zero-order chi connectivity index (χ0) is 12.6. The number of rotatable bonds is 4. The molecule has 92 valence electrons. The first-order chi connectivity index (χ1) is 7.94. The topological polar surface area (TPSA) is 37.3 Å². The number of carbonyl (C=O) groups is 1. The molecule has 0 aliphatic heterocycles. The van der Waals surface area contributed by atoms with Crippen LogP contribution in [-0.4, -0.2) is 11.1 Å². The molecule has 0 aromatic heterocycles. The minimum atomic E-state index is -0.809. The summed E-state index contributed by atoms with van der Waals surface area (Å²) >= 11 is 0. The first-order valence-corrected chi connectivity index (χ1v) is 5.96. The van der Waals surface area contributed by atoms with Crippen LogP contribution in [0.4, 0.5) is 4.39 Å². The Morgan fingerprint density at radius 2 is 2.12 bits per heavy atom. The van der Waals surface area contributed by atoms with E-state index in [1.165, 1.54) is 6.07 Å². The van der Waals surface area contributed by atoms with Gasteiger partial charge in [0.1, 0.15) is 5.82 Å². The first kappa shape index (κ1) is 12.1. The van der Waals surface area contributed by atoms with E-state index in [4.69, 9.17) is 5.11 Å². The van der Waals surface area contributed by atoms with Crippen LogP contribution >= 0.6 is 0 Å². The van der Waals surface area contributed by atoms with Gasteiger partial charge >= 0.3 is 5.97 Å². The van der Waals surface area contributed by atoms with E-state index < -0.39 is 5.97 Å². The fourth-order valence-corrected chi connectivity index (χ4v) is 2.33. The van der Waals surface area contributed by atoms with Gasteiger partial charge in [-0.2, -0.15) is 0 Å². The molecular formula is C14H17FO2. The molecule has 1 aromatic carbocycles. The maximum absolute atomic E-state index is 13.8. The Morgan fingerprint density at radius 1 is 1.47 bits per heavy atom. The third-order valence-electron chi connectivity index (χ3n) is 3.58. The van der Waals surface area contributed by atoms with E-state index in [2.05, 4.69) is 0 Å². The lowest BCUT2D eigenvalue weighted by molar-refractivity contribution is -0.137. The van der Waals surface area contributed by atoms with Crippen molar-refractivity contribution in [1.82, 2.24) is 0 Å². The molecular weight excluding hydrogens is 219 g/mol. The Morgan fingerprint density at radius 3 is 2.53 bits per heavy atom. The molecule has 2 rings (SSSR count). The summed E-state index contributed by atoms with van der Waals surface area (Å²) in [4.78, 5) is 10.8. The number of hydrogen-bond donors (Lipinski definition) is 1. The van der Waals surface area contributed by atoms with Crippen LogP contribution in [0.3, 0.4) is 0 Å². The molecule has 1 aliphatic carbocycles. The van der Waals surface area contributed by atoms with Gasteiger partial charge in [-0.05, 0) is 36.0 Å². The van der Waals surface area contributed by atoms with Crippen LogP contribution in [0.2, 0.25) is 0 Å². The number of aliphatic carboxylic acids is 1. The number of halogens is 1. The van der Waals surface area contributed by atoms with E-state index in [0.717, 1.165) is 18.4 Å². The van der Waals surface area contributed by atoms with Crippen LogP contribution in [-0.2, 0) is 10.2 Å². The van der Waals surface area contributed by atoms with E-state index in [9.17, 15) is 9.18 Å². The third kappa shape index (κ3) is 2.33. The molecule has 1 aromatic rings. The molecule has 3 heteroatoms. The zero-order valence-electron chi connectivity index (χ0n) is 10.2. The van der Waals surface area contributed by atoms with Gasteiger partial charge in [-0.3, -0.25) is 4.79 Å². The van der Waals surface area contributed by atoms with E-state index in [0.29, 0.717) is 5.56 Å². The van der Waals surface area contributed by atoms with Gasteiger partial charge in [0.25, 0.3) is 0 Å². The Bertz CT molecular complexity index is 448. The summed E-state index contributed by atoms with van der Waals surface area (Å²) in [5.41, 5.74) is 1.23. The average molecular weight is 236 g/mol. The number of carboxylic acids is 1. The van der Waals surface area contributed by atoms with Crippen molar-refractivity contribution >= 4 is 5.97 Å². The quantitative estimate of drug-likeness (QED) is 0.869. The van der Waals surface area contributed by atoms with E-state index in [-0.39, 0.29) is 23.6 Å². The van der Waals surface area contributed by atoms with Crippen molar-refractivity contribution in [3.63, 3.8) is 0 Å². The van der Waals surface area contributed by atoms with Gasteiger partial charge in [-0.15, -0.1) is 0 Å². The summed E-state index contributed by atoms with van der Waals surface area (Å²) in [6.07, 6.45) is 1.80. The highest BCUT2D eigenvalue weighted by molar-refractivity contribution is 5.70. The van der Waals surface area contributed by atoms with Crippen molar-refractivity contribution in [3.8, 4) is 0 Å². The third-order valence-corrected chi connectivity index (χ3v) is 3.58. The molecule has 17 heavy (non-hydrogen) atoms. The summed E-state index contributed by atoms with van der Waals surface area (Å²) < 4.78 is 13.8. The second-order valence-corrected chi connectivity index (χ2v) is 5.24. The molecule has 1 fully saturated rings. The number of carboxylic acid groups (broad SMARTS) is 1. The van der Waals surface area contributed by atoms with Gasteiger partial charge in [0.05, 0.1) is 6.42 Å². The second kappa shape index (κ2) is 4.13. The van der Waals surface area contributed by atoms with Crippen LogP contribution in [0.25, 0.3) is 0 Å². The van der Waals surface area contributed by atoms with Crippen LogP contribution in [0.1, 0.15) is 50.2 Å². The lowest BCUT2D eigenvalue weighted by Gasteiger charge is -2.15. The molecule has 0 radical (unpaired) electrons. The Kier molecular flexibility index (Phi) is 2.94. The summed E-state index contributed by atoms with van der Waals surface area (Å²) in [6, 6.07) is 5.19. The summed E-state index contributed by atoms with van der Waals surface area (Å²) in [5.74, 6) is -0.872. The van der Waals surface area contributed by atoms with E-state index in [1.807, 2.05) is 19.9 Å². The molecule has 0 saturated heterocycles. The highest BCUT2D eigenvalue weighted by Crippen LogP contribution is 2.51. The van der Waals surface area contributed by atoms with Gasteiger partial charge in [0, 0.05) is 5.41 Å². The molecule has 2 nitrogen and oxygen atoms in total. The monoisotopic (exact) mass is 236 g/mol. The van der Waals surface area contributed by atoms with Crippen LogP contribution in [0.15, 0.2) is 18.2 Å². The highest BCUT2D eigenvalue weighted by Gasteiger charge is 2.46. The van der Waals surface area contributed by atoms with Crippen molar-refractivity contribution in [1.29, 1.82) is 0 Å². The Balaban J connectivity index is 2.29. The van der Waals surface area contributed by atoms with Gasteiger partial charge in [0.15, 0.2) is 0 Å². The van der Waals surface area contributed by atoms with Crippen LogP contribution < -0.4 is 0 Å². The molecule has 0 unspecified atom stereocenters. The lowest BCUT2D eigenvalue weighted by atomic mass is 9.90. The van der Waals surface area contributed by atoms with Crippen molar-refractivity contribution in [2.75, 3.05) is 0 Å². The second-order valence-electron chi connectivity index (χ2n) is 5.24. The molecule has 1 saturated carbocycles. The SMILES string of the molecule is CC(C)c1ccc(C2(CC(=O)O)CC2)cc1F. The molecule has 0 spiro atoms. The maximum atomic E-state index is 13.8. The maximum Gasteiger partial charge on any atom is 0.304 e. The van der Waals surface area contributed by atoms with E-state index >= 15 is 0 Å². The summed E-state index contributed by atoms with van der Waals surface area (Å²) in [5, 5.41) is 8.87. The molecule has 0 heterocycles. The van der Waals surface area contributed by atoms with E-state index in [1.54, 1.807) is 6.07 Å².